The second-order valence-electron chi connectivity index (χ2n) is 6.06. The number of rotatable bonds is 7. The summed E-state index contributed by atoms with van der Waals surface area (Å²) in [7, 11) is 5.23. The van der Waals surface area contributed by atoms with Crippen molar-refractivity contribution in [3.8, 4) is 0 Å². The average Bonchev–Trinajstić information content (AvgIpc) is 3.05. The molecular weight excluding hydrogens is 332 g/mol. The average molecular weight is 358 g/mol. The summed E-state index contributed by atoms with van der Waals surface area (Å²) in [6.45, 7) is 3.15. The number of carbonyl (C=O) groups excluding carboxylic acids is 1. The lowest BCUT2D eigenvalue weighted by molar-refractivity contribution is 0.0827. The van der Waals surface area contributed by atoms with Crippen molar-refractivity contribution >= 4 is 11.9 Å². The van der Waals surface area contributed by atoms with Crippen molar-refractivity contribution in [3.63, 3.8) is 0 Å². The van der Waals surface area contributed by atoms with Gasteiger partial charge >= 0.3 is 0 Å². The molecule has 2 N–H and O–H groups in total. The third-order valence-corrected chi connectivity index (χ3v) is 3.71. The Bertz CT molecular complexity index is 754. The Kier molecular flexibility index (Phi) is 7.13. The molecule has 140 valence electrons. The summed E-state index contributed by atoms with van der Waals surface area (Å²) < 4.78 is 5.07. The van der Waals surface area contributed by atoms with Crippen LogP contribution in [0.2, 0.25) is 0 Å². The van der Waals surface area contributed by atoms with E-state index in [1.807, 2.05) is 24.3 Å². The molecular formula is C18H26N6O2. The lowest BCUT2D eigenvalue weighted by Crippen LogP contribution is -2.39. The molecule has 0 spiro atoms. The van der Waals surface area contributed by atoms with Gasteiger partial charge in [0.1, 0.15) is 0 Å². The van der Waals surface area contributed by atoms with E-state index < -0.39 is 0 Å². The Morgan fingerprint density at radius 2 is 1.96 bits per heavy atom. The zero-order chi connectivity index (χ0) is 18.9. The Hall–Kier alpha value is -2.90. The van der Waals surface area contributed by atoms with Crippen molar-refractivity contribution in [1.82, 2.24) is 25.7 Å². The summed E-state index contributed by atoms with van der Waals surface area (Å²) in [5, 5.41) is 10.2. The molecule has 0 bridgehead atoms. The normalized spacial score (nSPS) is 11.3. The monoisotopic (exact) mass is 358 g/mol. The maximum atomic E-state index is 12.0. The molecule has 0 saturated carbocycles. The molecule has 0 saturated heterocycles. The van der Waals surface area contributed by atoms with Crippen LogP contribution in [-0.2, 0) is 12.8 Å². The fourth-order valence-corrected chi connectivity index (χ4v) is 2.39. The molecule has 1 aromatic heterocycles. The van der Waals surface area contributed by atoms with Gasteiger partial charge in [0.15, 0.2) is 11.8 Å². The second-order valence-corrected chi connectivity index (χ2v) is 6.06. The first-order chi connectivity index (χ1) is 12.5. The first-order valence-electron chi connectivity index (χ1n) is 8.54. The minimum absolute atomic E-state index is 0.00791. The Labute approximate surface area is 153 Å². The highest BCUT2D eigenvalue weighted by molar-refractivity contribution is 5.94. The van der Waals surface area contributed by atoms with E-state index in [-0.39, 0.29) is 5.91 Å². The van der Waals surface area contributed by atoms with Gasteiger partial charge in [0.2, 0.25) is 5.89 Å². The number of aryl methyl sites for hydroxylation is 1. The molecule has 8 nitrogen and oxygen atoms in total. The van der Waals surface area contributed by atoms with Gasteiger partial charge in [-0.3, -0.25) is 9.79 Å². The number of aromatic nitrogens is 2. The van der Waals surface area contributed by atoms with Gasteiger partial charge in [-0.1, -0.05) is 17.3 Å². The topological polar surface area (TPSA) is 95.7 Å². The molecule has 0 aliphatic rings. The summed E-state index contributed by atoms with van der Waals surface area (Å²) >= 11 is 0. The zero-order valence-electron chi connectivity index (χ0n) is 15.7. The van der Waals surface area contributed by atoms with Gasteiger partial charge in [0.25, 0.3) is 5.91 Å². The largest absolute Gasteiger partial charge is 0.356 e. The van der Waals surface area contributed by atoms with Crippen LogP contribution in [0.5, 0.6) is 0 Å². The molecule has 8 heteroatoms. The van der Waals surface area contributed by atoms with E-state index in [1.165, 1.54) is 0 Å². The minimum atomic E-state index is 0.00791. The van der Waals surface area contributed by atoms with Crippen molar-refractivity contribution in [2.45, 2.75) is 19.8 Å². The lowest BCUT2D eigenvalue weighted by Gasteiger charge is -2.13. The fraction of sp³-hybridized carbons (Fsp3) is 0.444. The summed E-state index contributed by atoms with van der Waals surface area (Å²) in [6, 6.07) is 7.69. The smallest absolute Gasteiger partial charge is 0.253 e. The van der Waals surface area contributed by atoms with Crippen molar-refractivity contribution in [1.29, 1.82) is 0 Å². The van der Waals surface area contributed by atoms with E-state index in [0.29, 0.717) is 42.7 Å². The van der Waals surface area contributed by atoms with Crippen molar-refractivity contribution in [2.75, 3.05) is 34.2 Å². The number of amides is 1. The second kappa shape index (κ2) is 9.55. The summed E-state index contributed by atoms with van der Waals surface area (Å²) in [4.78, 5) is 22.0. The van der Waals surface area contributed by atoms with Gasteiger partial charge < -0.3 is 20.1 Å². The van der Waals surface area contributed by atoms with Crippen LogP contribution in [0, 0.1) is 6.92 Å². The van der Waals surface area contributed by atoms with Crippen molar-refractivity contribution in [2.24, 2.45) is 4.99 Å². The Morgan fingerprint density at radius 1 is 1.23 bits per heavy atom. The van der Waals surface area contributed by atoms with Crippen LogP contribution in [0.15, 0.2) is 33.8 Å². The summed E-state index contributed by atoms with van der Waals surface area (Å²) in [6.07, 6.45) is 1.42. The highest BCUT2D eigenvalue weighted by Gasteiger charge is 2.08. The maximum absolute atomic E-state index is 12.0. The highest BCUT2D eigenvalue weighted by atomic mass is 16.5. The van der Waals surface area contributed by atoms with E-state index in [0.717, 1.165) is 12.0 Å². The van der Waals surface area contributed by atoms with Crippen molar-refractivity contribution in [3.05, 3.63) is 47.1 Å². The molecule has 0 atom stereocenters. The van der Waals surface area contributed by atoms with E-state index in [9.17, 15) is 4.79 Å². The number of aliphatic imine (C=N–C) groups is 1. The van der Waals surface area contributed by atoms with Crippen LogP contribution >= 0.6 is 0 Å². The van der Waals surface area contributed by atoms with Crippen LogP contribution in [0.3, 0.4) is 0 Å². The SMILES string of the molecule is CN=C(NCCc1cccc(C(=O)N(C)C)c1)NCCc1nc(C)no1. The van der Waals surface area contributed by atoms with E-state index >= 15 is 0 Å². The highest BCUT2D eigenvalue weighted by Crippen LogP contribution is 2.07. The van der Waals surface area contributed by atoms with Crippen LogP contribution in [0.4, 0.5) is 0 Å². The quantitative estimate of drug-likeness (QED) is 0.567. The van der Waals surface area contributed by atoms with Crippen LogP contribution in [-0.4, -0.2) is 61.1 Å². The summed E-state index contributed by atoms with van der Waals surface area (Å²) in [5.41, 5.74) is 1.80. The van der Waals surface area contributed by atoms with E-state index in [1.54, 1.807) is 33.0 Å². The number of guanidine groups is 1. The third kappa shape index (κ3) is 5.87. The number of carbonyl (C=O) groups is 1. The third-order valence-electron chi connectivity index (χ3n) is 3.71. The lowest BCUT2D eigenvalue weighted by atomic mass is 10.1. The fourth-order valence-electron chi connectivity index (χ4n) is 2.39. The predicted molar refractivity (Wildman–Crippen MR) is 100 cm³/mol. The number of nitrogens with one attached hydrogen (secondary N) is 2. The molecule has 0 fully saturated rings. The zero-order valence-corrected chi connectivity index (χ0v) is 15.7. The van der Waals surface area contributed by atoms with Crippen LogP contribution in [0.25, 0.3) is 0 Å². The van der Waals surface area contributed by atoms with Crippen molar-refractivity contribution < 1.29 is 9.32 Å². The van der Waals surface area contributed by atoms with Gasteiger partial charge in [-0.25, -0.2) is 0 Å². The van der Waals surface area contributed by atoms with Crippen LogP contribution < -0.4 is 10.6 Å². The standard InChI is InChI=1S/C18H26N6O2/c1-13-22-16(26-23-13)9-11-21-18(19-2)20-10-8-14-6-5-7-15(12-14)17(25)24(3)4/h5-7,12H,8-11H2,1-4H3,(H2,19,20,21). The Balaban J connectivity index is 1.76. The van der Waals surface area contributed by atoms with E-state index in [4.69, 9.17) is 4.52 Å². The first kappa shape index (κ1) is 19.4. The van der Waals surface area contributed by atoms with Gasteiger partial charge in [0.05, 0.1) is 0 Å². The number of nitrogens with zero attached hydrogens (tertiary/aromatic N) is 4. The van der Waals surface area contributed by atoms with Crippen LogP contribution in [0.1, 0.15) is 27.6 Å². The molecule has 1 heterocycles. The molecule has 0 aliphatic heterocycles. The van der Waals surface area contributed by atoms with Gasteiger partial charge in [-0.15, -0.1) is 0 Å². The maximum Gasteiger partial charge on any atom is 0.253 e. The van der Waals surface area contributed by atoms with E-state index in [2.05, 4.69) is 25.8 Å². The number of benzene rings is 1. The Morgan fingerprint density at radius 3 is 2.58 bits per heavy atom. The molecule has 0 radical (unpaired) electrons. The minimum Gasteiger partial charge on any atom is -0.356 e. The van der Waals surface area contributed by atoms with Gasteiger partial charge in [-0.2, -0.15) is 4.98 Å². The molecule has 1 amide bonds. The summed E-state index contributed by atoms with van der Waals surface area (Å²) in [5.74, 6) is 1.96. The first-order valence-corrected chi connectivity index (χ1v) is 8.54. The molecule has 1 aromatic carbocycles. The molecule has 2 aromatic rings. The number of hydrogen-bond acceptors (Lipinski definition) is 5. The molecule has 26 heavy (non-hydrogen) atoms. The molecule has 2 rings (SSSR count). The van der Waals surface area contributed by atoms with Gasteiger partial charge in [-0.05, 0) is 31.0 Å². The molecule has 0 aliphatic carbocycles. The van der Waals surface area contributed by atoms with Gasteiger partial charge in [0, 0.05) is 46.2 Å². The predicted octanol–water partition coefficient (Wildman–Crippen LogP) is 1.03. The number of hydrogen-bond donors (Lipinski definition) is 2. The molecule has 0 unspecified atom stereocenters.